The van der Waals surface area contributed by atoms with Crippen LogP contribution in [-0.2, 0) is 27.3 Å². The van der Waals surface area contributed by atoms with E-state index in [-0.39, 0.29) is 36.4 Å². The number of phenolic OH excluding ortho intramolecular Hbond substituents is 2. The topological polar surface area (TPSA) is 128 Å². The number of para-hydroxylation sites is 1. The lowest BCUT2D eigenvalue weighted by Crippen LogP contribution is -2.54. The molecule has 0 bridgehead atoms. The summed E-state index contributed by atoms with van der Waals surface area (Å²) < 4.78 is 5.49. The molecule has 4 atom stereocenters. The molecule has 0 radical (unpaired) electrons. The highest BCUT2D eigenvalue weighted by Gasteiger charge is 2.48. The van der Waals surface area contributed by atoms with Crippen LogP contribution < -0.4 is 10.6 Å². The Morgan fingerprint density at radius 2 is 1.60 bits per heavy atom. The molecule has 1 aliphatic carbocycles. The molecule has 0 heterocycles. The van der Waals surface area contributed by atoms with Gasteiger partial charge in [0.1, 0.15) is 29.2 Å². The SMILES string of the molecule is Cc1cccc(C(C(=O)NCc2ccccc2)N(C(=O)C(Cc2ccc(O)cc2)NC(=O)OC(C)(C)C)C2CC2C)c1O. The summed E-state index contributed by atoms with van der Waals surface area (Å²) >= 11 is 0. The average molecular weight is 588 g/mol. The molecule has 4 unspecified atom stereocenters. The number of amides is 3. The van der Waals surface area contributed by atoms with Crippen molar-refractivity contribution in [2.75, 3.05) is 0 Å². The Kier molecular flexibility index (Phi) is 9.63. The fourth-order valence-corrected chi connectivity index (χ4v) is 5.07. The maximum Gasteiger partial charge on any atom is 0.408 e. The lowest BCUT2D eigenvalue weighted by atomic mass is 9.97. The molecule has 43 heavy (non-hydrogen) atoms. The van der Waals surface area contributed by atoms with Crippen LogP contribution in [0.3, 0.4) is 0 Å². The summed E-state index contributed by atoms with van der Waals surface area (Å²) in [5.74, 6) is -0.808. The first-order chi connectivity index (χ1) is 20.3. The van der Waals surface area contributed by atoms with Gasteiger partial charge in [-0.1, -0.05) is 67.6 Å². The van der Waals surface area contributed by atoms with Crippen LogP contribution in [0.2, 0.25) is 0 Å². The predicted molar refractivity (Wildman–Crippen MR) is 163 cm³/mol. The first-order valence-electron chi connectivity index (χ1n) is 14.5. The van der Waals surface area contributed by atoms with Crippen molar-refractivity contribution in [3.05, 3.63) is 95.1 Å². The fourth-order valence-electron chi connectivity index (χ4n) is 5.07. The van der Waals surface area contributed by atoms with E-state index in [1.807, 2.05) is 37.3 Å². The molecular formula is C34H41N3O6. The van der Waals surface area contributed by atoms with Gasteiger partial charge in [0.25, 0.3) is 0 Å². The fraction of sp³-hybridized carbons (Fsp3) is 0.382. The Bertz CT molecular complexity index is 1430. The van der Waals surface area contributed by atoms with E-state index in [1.165, 1.54) is 17.0 Å². The van der Waals surface area contributed by atoms with Crippen LogP contribution >= 0.6 is 0 Å². The minimum absolute atomic E-state index is 0.0661. The molecule has 3 amide bonds. The van der Waals surface area contributed by atoms with E-state index in [1.54, 1.807) is 58.0 Å². The number of ether oxygens (including phenoxy) is 1. The van der Waals surface area contributed by atoms with Gasteiger partial charge in [-0.25, -0.2) is 4.79 Å². The molecule has 228 valence electrons. The Balaban J connectivity index is 1.74. The van der Waals surface area contributed by atoms with Gasteiger partial charge in [-0.3, -0.25) is 9.59 Å². The van der Waals surface area contributed by atoms with E-state index in [0.29, 0.717) is 23.1 Å². The summed E-state index contributed by atoms with van der Waals surface area (Å²) in [6.07, 6.45) is -0.00955. The summed E-state index contributed by atoms with van der Waals surface area (Å²) in [5.41, 5.74) is 1.66. The van der Waals surface area contributed by atoms with E-state index >= 15 is 0 Å². The van der Waals surface area contributed by atoms with Crippen LogP contribution in [0.1, 0.15) is 62.4 Å². The van der Waals surface area contributed by atoms with Gasteiger partial charge in [0.15, 0.2) is 0 Å². The van der Waals surface area contributed by atoms with Gasteiger partial charge in [0.05, 0.1) is 0 Å². The number of carbonyl (C=O) groups excluding carboxylic acids is 3. The number of nitrogens with one attached hydrogen (secondary N) is 2. The second-order valence-corrected chi connectivity index (χ2v) is 12.2. The van der Waals surface area contributed by atoms with Gasteiger partial charge < -0.3 is 30.5 Å². The summed E-state index contributed by atoms with van der Waals surface area (Å²) in [4.78, 5) is 43.1. The third-order valence-corrected chi connectivity index (χ3v) is 7.44. The highest BCUT2D eigenvalue weighted by molar-refractivity contribution is 5.93. The molecule has 9 nitrogen and oxygen atoms in total. The van der Waals surface area contributed by atoms with Crippen LogP contribution in [0.15, 0.2) is 72.8 Å². The van der Waals surface area contributed by atoms with E-state index in [2.05, 4.69) is 10.6 Å². The first kappa shape index (κ1) is 31.4. The molecule has 9 heteroatoms. The number of hydrogen-bond donors (Lipinski definition) is 4. The van der Waals surface area contributed by atoms with Gasteiger partial charge in [-0.15, -0.1) is 0 Å². The number of hydrogen-bond acceptors (Lipinski definition) is 6. The lowest BCUT2D eigenvalue weighted by Gasteiger charge is -2.35. The minimum atomic E-state index is -1.16. The van der Waals surface area contributed by atoms with Crippen molar-refractivity contribution in [3.63, 3.8) is 0 Å². The smallest absolute Gasteiger partial charge is 0.408 e. The van der Waals surface area contributed by atoms with E-state index in [9.17, 15) is 24.6 Å². The zero-order chi connectivity index (χ0) is 31.3. The van der Waals surface area contributed by atoms with Gasteiger partial charge in [0.2, 0.25) is 11.8 Å². The van der Waals surface area contributed by atoms with Gasteiger partial charge in [-0.05, 0) is 68.9 Å². The van der Waals surface area contributed by atoms with Crippen molar-refractivity contribution >= 4 is 17.9 Å². The number of alkyl carbamates (subject to hydrolysis) is 1. The third-order valence-electron chi connectivity index (χ3n) is 7.44. The Labute approximate surface area is 252 Å². The molecular weight excluding hydrogens is 546 g/mol. The number of benzene rings is 3. The standard InChI is InChI=1S/C34H41N3O6/c1-21-10-9-13-26(30(21)39)29(31(40)35-20-24-11-7-6-8-12-24)37(28-18-22(28)2)32(41)27(36-33(42)43-34(3,4)5)19-23-14-16-25(38)17-15-23/h6-17,22,27-29,38-39H,18-20H2,1-5H3,(H,35,40)(H,36,42). The quantitative estimate of drug-likeness (QED) is 0.260. The third kappa shape index (κ3) is 8.28. The first-order valence-corrected chi connectivity index (χ1v) is 14.5. The van der Waals surface area contributed by atoms with Gasteiger partial charge in [0, 0.05) is 24.6 Å². The van der Waals surface area contributed by atoms with E-state index < -0.39 is 35.6 Å². The van der Waals surface area contributed by atoms with Crippen LogP contribution in [0.25, 0.3) is 0 Å². The largest absolute Gasteiger partial charge is 0.508 e. The molecule has 1 saturated carbocycles. The monoisotopic (exact) mass is 587 g/mol. The van der Waals surface area contributed by atoms with Crippen molar-refractivity contribution < 1.29 is 29.3 Å². The van der Waals surface area contributed by atoms with E-state index in [0.717, 1.165) is 5.56 Å². The zero-order valence-corrected chi connectivity index (χ0v) is 25.3. The number of aryl methyl sites for hydroxylation is 1. The number of carbonyl (C=O) groups is 3. The molecule has 0 saturated heterocycles. The molecule has 3 aromatic rings. The maximum atomic E-state index is 14.6. The number of rotatable bonds is 10. The van der Waals surface area contributed by atoms with Crippen LogP contribution in [0, 0.1) is 12.8 Å². The lowest BCUT2D eigenvalue weighted by molar-refractivity contribution is -0.143. The van der Waals surface area contributed by atoms with Crippen LogP contribution in [0.5, 0.6) is 11.5 Å². The molecule has 0 spiro atoms. The highest BCUT2D eigenvalue weighted by atomic mass is 16.6. The molecule has 4 N–H and O–H groups in total. The highest BCUT2D eigenvalue weighted by Crippen LogP contribution is 2.43. The second kappa shape index (κ2) is 13.2. The molecule has 0 aromatic heterocycles. The average Bonchev–Trinajstić information content (AvgIpc) is 3.67. The summed E-state index contributed by atoms with van der Waals surface area (Å²) in [6, 6.07) is 18.4. The number of aromatic hydroxyl groups is 2. The van der Waals surface area contributed by atoms with Crippen molar-refractivity contribution in [1.29, 1.82) is 0 Å². The van der Waals surface area contributed by atoms with Crippen LogP contribution in [0.4, 0.5) is 4.79 Å². The van der Waals surface area contributed by atoms with Crippen LogP contribution in [-0.4, -0.2) is 50.7 Å². The predicted octanol–water partition coefficient (Wildman–Crippen LogP) is 5.14. The maximum absolute atomic E-state index is 14.6. The molecule has 1 fully saturated rings. The summed E-state index contributed by atoms with van der Waals surface area (Å²) in [5, 5.41) is 26.6. The van der Waals surface area contributed by atoms with E-state index in [4.69, 9.17) is 4.74 Å². The molecule has 3 aromatic carbocycles. The number of phenols is 2. The van der Waals surface area contributed by atoms with Gasteiger partial charge >= 0.3 is 6.09 Å². The Hall–Kier alpha value is -4.53. The summed E-state index contributed by atoms with van der Waals surface area (Å²) in [7, 11) is 0. The molecule has 0 aliphatic heterocycles. The minimum Gasteiger partial charge on any atom is -0.508 e. The van der Waals surface area contributed by atoms with Crippen molar-refractivity contribution in [2.45, 2.75) is 77.7 Å². The molecule has 1 aliphatic rings. The Morgan fingerprint density at radius 3 is 2.21 bits per heavy atom. The van der Waals surface area contributed by atoms with Crippen molar-refractivity contribution in [2.24, 2.45) is 5.92 Å². The normalized spacial score (nSPS) is 17.3. The van der Waals surface area contributed by atoms with Crippen molar-refractivity contribution in [3.8, 4) is 11.5 Å². The Morgan fingerprint density at radius 1 is 0.953 bits per heavy atom. The number of nitrogens with zero attached hydrogens (tertiary/aromatic N) is 1. The molecule has 4 rings (SSSR count). The van der Waals surface area contributed by atoms with Crippen molar-refractivity contribution in [1.82, 2.24) is 15.5 Å². The second-order valence-electron chi connectivity index (χ2n) is 12.2. The van der Waals surface area contributed by atoms with Gasteiger partial charge in [-0.2, -0.15) is 0 Å². The zero-order valence-electron chi connectivity index (χ0n) is 25.3. The summed E-state index contributed by atoms with van der Waals surface area (Å²) in [6.45, 7) is 9.16.